The van der Waals surface area contributed by atoms with E-state index in [1.807, 2.05) is 0 Å². The Labute approximate surface area is 130 Å². The molecule has 20 heavy (non-hydrogen) atoms. The fraction of sp³-hybridized carbons (Fsp3) is 0.625. The summed E-state index contributed by atoms with van der Waals surface area (Å²) in [6.45, 7) is 8.43. The fourth-order valence-corrected chi connectivity index (χ4v) is 3.08. The molecule has 1 aliphatic heterocycles. The summed E-state index contributed by atoms with van der Waals surface area (Å²) < 4.78 is 6.63. The molecule has 0 bridgehead atoms. The zero-order valence-electron chi connectivity index (χ0n) is 12.7. The molecule has 3 nitrogen and oxygen atoms in total. The molecule has 1 N–H and O–H groups in total. The Morgan fingerprint density at radius 3 is 2.85 bits per heavy atom. The SMILES string of the molecule is COC1CCN(Cc2ccc(CNC(C)C)cc2Br)C1. The van der Waals surface area contributed by atoms with Crippen molar-refractivity contribution < 1.29 is 4.74 Å². The second-order valence-electron chi connectivity index (χ2n) is 5.84. The summed E-state index contributed by atoms with van der Waals surface area (Å²) in [5.74, 6) is 0. The molecule has 1 heterocycles. The van der Waals surface area contributed by atoms with Crippen molar-refractivity contribution in [2.75, 3.05) is 20.2 Å². The van der Waals surface area contributed by atoms with Gasteiger partial charge in [-0.2, -0.15) is 0 Å². The molecule has 0 saturated carbocycles. The third-order valence-corrected chi connectivity index (χ3v) is 4.53. The van der Waals surface area contributed by atoms with Gasteiger partial charge in [0.2, 0.25) is 0 Å². The van der Waals surface area contributed by atoms with Crippen LogP contribution in [-0.4, -0.2) is 37.2 Å². The second kappa shape index (κ2) is 7.55. The summed E-state index contributed by atoms with van der Waals surface area (Å²) in [4.78, 5) is 2.46. The first-order valence-corrected chi connectivity index (χ1v) is 8.13. The summed E-state index contributed by atoms with van der Waals surface area (Å²) in [7, 11) is 1.81. The van der Waals surface area contributed by atoms with Crippen LogP contribution in [0.1, 0.15) is 31.4 Å². The molecule has 0 aliphatic carbocycles. The maximum absolute atomic E-state index is 5.42. The van der Waals surface area contributed by atoms with Gasteiger partial charge in [-0.1, -0.05) is 41.9 Å². The van der Waals surface area contributed by atoms with E-state index in [4.69, 9.17) is 4.74 Å². The molecule has 1 unspecified atom stereocenters. The van der Waals surface area contributed by atoms with Gasteiger partial charge in [0.15, 0.2) is 0 Å². The number of nitrogens with zero attached hydrogens (tertiary/aromatic N) is 1. The van der Waals surface area contributed by atoms with Gasteiger partial charge < -0.3 is 10.1 Å². The molecular weight excluding hydrogens is 316 g/mol. The van der Waals surface area contributed by atoms with Crippen molar-refractivity contribution in [1.82, 2.24) is 10.2 Å². The van der Waals surface area contributed by atoms with Crippen LogP contribution in [0.5, 0.6) is 0 Å². The monoisotopic (exact) mass is 340 g/mol. The lowest BCUT2D eigenvalue weighted by Gasteiger charge is -2.17. The van der Waals surface area contributed by atoms with Crippen molar-refractivity contribution in [2.24, 2.45) is 0 Å². The van der Waals surface area contributed by atoms with Crippen LogP contribution in [0, 0.1) is 0 Å². The van der Waals surface area contributed by atoms with Crippen molar-refractivity contribution >= 4 is 15.9 Å². The summed E-state index contributed by atoms with van der Waals surface area (Å²) in [5, 5.41) is 3.45. The van der Waals surface area contributed by atoms with Crippen molar-refractivity contribution in [3.8, 4) is 0 Å². The summed E-state index contributed by atoms with van der Waals surface area (Å²) in [6, 6.07) is 7.21. The Kier molecular flexibility index (Phi) is 6.02. The first kappa shape index (κ1) is 16.0. The van der Waals surface area contributed by atoms with Gasteiger partial charge in [0.25, 0.3) is 0 Å². The van der Waals surface area contributed by atoms with E-state index in [1.54, 1.807) is 7.11 Å². The molecule has 0 aromatic heterocycles. The molecule has 0 amide bonds. The van der Waals surface area contributed by atoms with Gasteiger partial charge in [-0.05, 0) is 23.6 Å². The quantitative estimate of drug-likeness (QED) is 0.860. The van der Waals surface area contributed by atoms with Gasteiger partial charge in [-0.25, -0.2) is 0 Å². The third-order valence-electron chi connectivity index (χ3n) is 3.79. The molecule has 0 spiro atoms. The normalized spacial score (nSPS) is 19.9. The largest absolute Gasteiger partial charge is 0.380 e. The minimum atomic E-state index is 0.406. The minimum Gasteiger partial charge on any atom is -0.380 e. The third kappa shape index (κ3) is 4.55. The average molecular weight is 341 g/mol. The highest BCUT2D eigenvalue weighted by atomic mass is 79.9. The van der Waals surface area contributed by atoms with Crippen molar-refractivity contribution in [3.63, 3.8) is 0 Å². The topological polar surface area (TPSA) is 24.5 Å². The lowest BCUT2D eigenvalue weighted by Crippen LogP contribution is -2.23. The van der Waals surface area contributed by atoms with E-state index < -0.39 is 0 Å². The van der Waals surface area contributed by atoms with E-state index >= 15 is 0 Å². The number of methoxy groups -OCH3 is 1. The molecule has 112 valence electrons. The summed E-state index contributed by atoms with van der Waals surface area (Å²) >= 11 is 3.71. The van der Waals surface area contributed by atoms with Gasteiger partial charge in [-0.3, -0.25) is 4.90 Å². The Morgan fingerprint density at radius 1 is 1.45 bits per heavy atom. The Morgan fingerprint density at radius 2 is 2.25 bits per heavy atom. The van der Waals surface area contributed by atoms with Gasteiger partial charge in [0.05, 0.1) is 6.10 Å². The van der Waals surface area contributed by atoms with E-state index in [0.29, 0.717) is 12.1 Å². The van der Waals surface area contributed by atoms with Crippen molar-refractivity contribution in [3.05, 3.63) is 33.8 Å². The second-order valence-corrected chi connectivity index (χ2v) is 6.70. The highest BCUT2D eigenvalue weighted by Crippen LogP contribution is 2.23. The molecule has 1 saturated heterocycles. The number of likely N-dealkylation sites (tertiary alicyclic amines) is 1. The van der Waals surface area contributed by atoms with Crippen LogP contribution in [0.15, 0.2) is 22.7 Å². The maximum Gasteiger partial charge on any atom is 0.0710 e. The number of halogens is 1. The maximum atomic E-state index is 5.42. The van der Waals surface area contributed by atoms with Crippen molar-refractivity contribution in [2.45, 2.75) is 45.5 Å². The Balaban J connectivity index is 1.92. The number of hydrogen-bond donors (Lipinski definition) is 1. The molecule has 1 aromatic carbocycles. The van der Waals surface area contributed by atoms with Crippen LogP contribution in [0.2, 0.25) is 0 Å². The first-order chi connectivity index (χ1) is 9.58. The fourth-order valence-electron chi connectivity index (χ4n) is 2.53. The Hall–Kier alpha value is -0.420. The van der Waals surface area contributed by atoms with E-state index in [-0.39, 0.29) is 0 Å². The number of hydrogen-bond acceptors (Lipinski definition) is 3. The van der Waals surface area contributed by atoms with E-state index in [1.165, 1.54) is 15.6 Å². The summed E-state index contributed by atoms with van der Waals surface area (Å²) in [5.41, 5.74) is 2.68. The molecule has 1 aromatic rings. The summed E-state index contributed by atoms with van der Waals surface area (Å²) in [6.07, 6.45) is 1.55. The predicted octanol–water partition coefficient (Wildman–Crippen LogP) is 3.17. The number of nitrogens with one attached hydrogen (secondary N) is 1. The van der Waals surface area contributed by atoms with E-state index in [2.05, 4.69) is 58.2 Å². The molecule has 1 atom stereocenters. The molecule has 1 fully saturated rings. The van der Waals surface area contributed by atoms with Crippen LogP contribution >= 0.6 is 15.9 Å². The minimum absolute atomic E-state index is 0.406. The van der Waals surface area contributed by atoms with Crippen LogP contribution in [0.3, 0.4) is 0 Å². The number of ether oxygens (including phenoxy) is 1. The van der Waals surface area contributed by atoms with Crippen LogP contribution in [-0.2, 0) is 17.8 Å². The zero-order valence-corrected chi connectivity index (χ0v) is 14.2. The molecule has 1 aliphatic rings. The molecule has 2 rings (SSSR count). The molecule has 0 radical (unpaired) electrons. The predicted molar refractivity (Wildman–Crippen MR) is 86.8 cm³/mol. The molecular formula is C16H25BrN2O. The standard InChI is InChI=1S/C16H25BrN2O/c1-12(2)18-9-13-4-5-14(16(17)8-13)10-19-7-6-15(11-19)20-3/h4-5,8,12,15,18H,6-7,9-11H2,1-3H3. The van der Waals surface area contributed by atoms with Crippen LogP contribution < -0.4 is 5.32 Å². The Bertz CT molecular complexity index is 436. The molecule has 4 heteroatoms. The lowest BCUT2D eigenvalue weighted by molar-refractivity contribution is 0.107. The van der Waals surface area contributed by atoms with E-state index in [9.17, 15) is 0 Å². The number of benzene rings is 1. The zero-order chi connectivity index (χ0) is 14.5. The highest BCUT2D eigenvalue weighted by molar-refractivity contribution is 9.10. The average Bonchev–Trinajstić information content (AvgIpc) is 2.87. The highest BCUT2D eigenvalue weighted by Gasteiger charge is 2.22. The van der Waals surface area contributed by atoms with Crippen LogP contribution in [0.4, 0.5) is 0 Å². The number of rotatable bonds is 6. The van der Waals surface area contributed by atoms with Gasteiger partial charge in [-0.15, -0.1) is 0 Å². The van der Waals surface area contributed by atoms with Gasteiger partial charge >= 0.3 is 0 Å². The first-order valence-electron chi connectivity index (χ1n) is 7.34. The van der Waals surface area contributed by atoms with Gasteiger partial charge in [0, 0.05) is 43.8 Å². The van der Waals surface area contributed by atoms with Crippen molar-refractivity contribution in [1.29, 1.82) is 0 Å². The van der Waals surface area contributed by atoms with Gasteiger partial charge in [0.1, 0.15) is 0 Å². The van der Waals surface area contributed by atoms with Crippen LogP contribution in [0.25, 0.3) is 0 Å². The smallest absolute Gasteiger partial charge is 0.0710 e. The lowest BCUT2D eigenvalue weighted by atomic mass is 10.1. The van der Waals surface area contributed by atoms with E-state index in [0.717, 1.165) is 32.6 Å².